The monoisotopic (exact) mass is 292 g/mol. The lowest BCUT2D eigenvalue weighted by Crippen LogP contribution is -2.57. The van der Waals surface area contributed by atoms with Gasteiger partial charge in [0.25, 0.3) is 0 Å². The normalized spacial score (nSPS) is 23.9. The number of aromatic nitrogens is 2. The lowest BCUT2D eigenvalue weighted by Gasteiger charge is -2.41. The molecule has 2 atom stereocenters. The molecular weight excluding hydrogens is 260 g/mol. The second-order valence-corrected chi connectivity index (χ2v) is 6.55. The lowest BCUT2D eigenvalue weighted by atomic mass is 9.98. The summed E-state index contributed by atoms with van der Waals surface area (Å²) in [6.45, 7) is 15.5. The standard InChI is InChI=1S/C17H32N4/c1-6-14-9-16(21(8-3)19-14)11-20-12-17(13(4)5)18-10-15(20)7-2/h9,13,15,17-18H,6-8,10-12H2,1-5H3. The highest BCUT2D eigenvalue weighted by atomic mass is 15.3. The van der Waals surface area contributed by atoms with Crippen LogP contribution < -0.4 is 5.32 Å². The molecule has 1 saturated heterocycles. The molecule has 1 aromatic rings. The van der Waals surface area contributed by atoms with Crippen LogP contribution in [-0.4, -0.2) is 39.9 Å². The first-order valence-electron chi connectivity index (χ1n) is 8.61. The van der Waals surface area contributed by atoms with Gasteiger partial charge in [-0.3, -0.25) is 9.58 Å². The van der Waals surface area contributed by atoms with E-state index in [-0.39, 0.29) is 0 Å². The van der Waals surface area contributed by atoms with Gasteiger partial charge in [-0.1, -0.05) is 27.7 Å². The molecule has 0 aliphatic carbocycles. The van der Waals surface area contributed by atoms with Crippen LogP contribution in [0.2, 0.25) is 0 Å². The van der Waals surface area contributed by atoms with Crippen molar-refractivity contribution >= 4 is 0 Å². The van der Waals surface area contributed by atoms with Gasteiger partial charge in [0.05, 0.1) is 11.4 Å². The Labute approximate surface area is 129 Å². The molecule has 0 spiro atoms. The molecule has 0 saturated carbocycles. The van der Waals surface area contributed by atoms with Crippen LogP contribution in [0.3, 0.4) is 0 Å². The minimum Gasteiger partial charge on any atom is -0.311 e. The molecule has 21 heavy (non-hydrogen) atoms. The fraction of sp³-hybridized carbons (Fsp3) is 0.824. The molecule has 0 aromatic carbocycles. The summed E-state index contributed by atoms with van der Waals surface area (Å²) in [6, 6.07) is 3.55. The first-order chi connectivity index (χ1) is 10.1. The molecule has 2 heterocycles. The minimum absolute atomic E-state index is 0.608. The zero-order valence-electron chi connectivity index (χ0n) is 14.4. The molecule has 4 nitrogen and oxygen atoms in total. The van der Waals surface area contributed by atoms with Gasteiger partial charge in [-0.25, -0.2) is 0 Å². The van der Waals surface area contributed by atoms with Crippen molar-refractivity contribution < 1.29 is 0 Å². The Bertz CT molecular complexity index is 438. The molecule has 0 amide bonds. The van der Waals surface area contributed by atoms with Crippen molar-refractivity contribution in [1.29, 1.82) is 0 Å². The maximum absolute atomic E-state index is 4.69. The van der Waals surface area contributed by atoms with Crippen LogP contribution in [0.1, 0.15) is 52.4 Å². The number of aryl methyl sites for hydroxylation is 2. The van der Waals surface area contributed by atoms with Crippen LogP contribution in [0.4, 0.5) is 0 Å². The predicted molar refractivity (Wildman–Crippen MR) is 88.4 cm³/mol. The highest BCUT2D eigenvalue weighted by Gasteiger charge is 2.28. The highest BCUT2D eigenvalue weighted by Crippen LogP contribution is 2.18. The molecule has 1 fully saturated rings. The number of hydrogen-bond donors (Lipinski definition) is 1. The molecule has 1 aromatic heterocycles. The van der Waals surface area contributed by atoms with E-state index in [2.05, 4.69) is 55.6 Å². The summed E-state index contributed by atoms with van der Waals surface area (Å²) in [6.07, 6.45) is 2.23. The molecule has 120 valence electrons. The van der Waals surface area contributed by atoms with Gasteiger partial charge in [-0.2, -0.15) is 5.10 Å². The van der Waals surface area contributed by atoms with E-state index in [1.165, 1.54) is 17.8 Å². The summed E-state index contributed by atoms with van der Waals surface area (Å²) in [5.74, 6) is 0.688. The molecule has 0 radical (unpaired) electrons. The molecule has 1 N–H and O–H groups in total. The number of hydrogen-bond acceptors (Lipinski definition) is 3. The van der Waals surface area contributed by atoms with Gasteiger partial charge in [0.1, 0.15) is 0 Å². The third kappa shape index (κ3) is 3.86. The first-order valence-corrected chi connectivity index (χ1v) is 8.61. The van der Waals surface area contributed by atoms with E-state index >= 15 is 0 Å². The highest BCUT2D eigenvalue weighted by molar-refractivity contribution is 5.11. The smallest absolute Gasteiger partial charge is 0.0625 e. The van der Waals surface area contributed by atoms with Crippen LogP contribution >= 0.6 is 0 Å². The third-order valence-electron chi connectivity index (χ3n) is 4.78. The number of nitrogens with zero attached hydrogens (tertiary/aromatic N) is 3. The van der Waals surface area contributed by atoms with E-state index in [1.54, 1.807) is 0 Å². The molecule has 0 bridgehead atoms. The van der Waals surface area contributed by atoms with Gasteiger partial charge >= 0.3 is 0 Å². The average Bonchev–Trinajstić information content (AvgIpc) is 2.89. The lowest BCUT2D eigenvalue weighted by molar-refractivity contribution is 0.100. The van der Waals surface area contributed by atoms with E-state index in [0.717, 1.165) is 32.6 Å². The maximum Gasteiger partial charge on any atom is 0.0625 e. The van der Waals surface area contributed by atoms with Crippen LogP contribution in [0.15, 0.2) is 6.07 Å². The zero-order chi connectivity index (χ0) is 15.4. The quantitative estimate of drug-likeness (QED) is 0.875. The fourth-order valence-electron chi connectivity index (χ4n) is 3.22. The van der Waals surface area contributed by atoms with Crippen molar-refractivity contribution in [3.8, 4) is 0 Å². The summed E-state index contributed by atoms with van der Waals surface area (Å²) in [5, 5.41) is 8.41. The molecule has 2 rings (SSSR count). The maximum atomic E-state index is 4.69. The van der Waals surface area contributed by atoms with E-state index in [4.69, 9.17) is 5.10 Å². The van der Waals surface area contributed by atoms with Crippen LogP contribution in [0.5, 0.6) is 0 Å². The number of nitrogens with one attached hydrogen (secondary N) is 1. The van der Waals surface area contributed by atoms with Crippen LogP contribution in [-0.2, 0) is 19.5 Å². The first kappa shape index (κ1) is 16.5. The predicted octanol–water partition coefficient (Wildman–Crippen LogP) is 2.67. The van der Waals surface area contributed by atoms with Crippen molar-refractivity contribution in [2.24, 2.45) is 5.92 Å². The fourth-order valence-corrected chi connectivity index (χ4v) is 3.22. The minimum atomic E-state index is 0.608. The molecule has 4 heteroatoms. The van der Waals surface area contributed by atoms with Gasteiger partial charge in [-0.05, 0) is 31.7 Å². The van der Waals surface area contributed by atoms with Crippen LogP contribution in [0, 0.1) is 5.92 Å². The van der Waals surface area contributed by atoms with Crippen molar-refractivity contribution in [2.75, 3.05) is 13.1 Å². The Morgan fingerprint density at radius 2 is 2.10 bits per heavy atom. The van der Waals surface area contributed by atoms with Gasteiger partial charge < -0.3 is 5.32 Å². The summed E-state index contributed by atoms with van der Waals surface area (Å²) < 4.78 is 2.18. The summed E-state index contributed by atoms with van der Waals surface area (Å²) in [5.41, 5.74) is 2.59. The summed E-state index contributed by atoms with van der Waals surface area (Å²) in [4.78, 5) is 2.66. The second-order valence-electron chi connectivity index (χ2n) is 6.55. The zero-order valence-corrected chi connectivity index (χ0v) is 14.4. The second kappa shape index (κ2) is 7.41. The van der Waals surface area contributed by atoms with Gasteiger partial charge in [0.2, 0.25) is 0 Å². The van der Waals surface area contributed by atoms with Crippen LogP contribution in [0.25, 0.3) is 0 Å². The summed E-state index contributed by atoms with van der Waals surface area (Å²) in [7, 11) is 0. The van der Waals surface area contributed by atoms with Crippen molar-refractivity contribution in [3.05, 3.63) is 17.5 Å². The molecule has 1 aliphatic heterocycles. The third-order valence-corrected chi connectivity index (χ3v) is 4.78. The Hall–Kier alpha value is -0.870. The van der Waals surface area contributed by atoms with Gasteiger partial charge in [-0.15, -0.1) is 0 Å². The van der Waals surface area contributed by atoms with E-state index in [9.17, 15) is 0 Å². The van der Waals surface area contributed by atoms with Gasteiger partial charge in [0, 0.05) is 38.3 Å². The van der Waals surface area contributed by atoms with Crippen molar-refractivity contribution in [3.63, 3.8) is 0 Å². The van der Waals surface area contributed by atoms with E-state index < -0.39 is 0 Å². The number of piperazine rings is 1. The number of rotatable bonds is 6. The Morgan fingerprint density at radius 1 is 1.33 bits per heavy atom. The average molecular weight is 292 g/mol. The van der Waals surface area contributed by atoms with Gasteiger partial charge in [0.15, 0.2) is 0 Å². The van der Waals surface area contributed by atoms with Crippen molar-refractivity contribution in [1.82, 2.24) is 20.0 Å². The van der Waals surface area contributed by atoms with E-state index in [1.807, 2.05) is 0 Å². The molecule has 2 unspecified atom stereocenters. The molecular formula is C17H32N4. The Kier molecular flexibility index (Phi) is 5.82. The Balaban J connectivity index is 2.12. The van der Waals surface area contributed by atoms with Crippen molar-refractivity contribution in [2.45, 2.75) is 72.6 Å². The SMILES string of the molecule is CCc1cc(CN2CC(C(C)C)NCC2CC)n(CC)n1. The molecule has 1 aliphatic rings. The largest absolute Gasteiger partial charge is 0.311 e. The summed E-state index contributed by atoms with van der Waals surface area (Å²) >= 11 is 0. The Morgan fingerprint density at radius 3 is 2.67 bits per heavy atom. The van der Waals surface area contributed by atoms with E-state index in [0.29, 0.717) is 18.0 Å². The topological polar surface area (TPSA) is 33.1 Å².